The van der Waals surface area contributed by atoms with Crippen LogP contribution in [0.15, 0.2) is 188 Å². The smallest absolute Gasteiger partial charge is 0.164 e. The van der Waals surface area contributed by atoms with E-state index in [4.69, 9.17) is 19.9 Å². The summed E-state index contributed by atoms with van der Waals surface area (Å²) >= 11 is 0. The molecule has 1 aliphatic carbocycles. The fourth-order valence-corrected chi connectivity index (χ4v) is 8.76. The van der Waals surface area contributed by atoms with Crippen molar-refractivity contribution in [1.82, 2.24) is 24.5 Å². The first kappa shape index (κ1) is 33.8. The Morgan fingerprint density at radius 3 is 1.66 bits per heavy atom. The third kappa shape index (κ3) is 5.54. The Kier molecular flexibility index (Phi) is 7.76. The number of nitrogens with zero attached hydrogens (tertiary/aromatic N) is 5. The molecule has 10 aromatic rings. The van der Waals surface area contributed by atoms with Gasteiger partial charge in [0.15, 0.2) is 17.5 Å². The molecule has 0 N–H and O–H groups in total. The van der Waals surface area contributed by atoms with Crippen LogP contribution in [0.1, 0.15) is 25.0 Å². The lowest BCUT2D eigenvalue weighted by molar-refractivity contribution is 0.661. The minimum atomic E-state index is -0.146. The highest BCUT2D eigenvalue weighted by molar-refractivity contribution is 6.11. The Balaban J connectivity index is 1.17. The van der Waals surface area contributed by atoms with Gasteiger partial charge in [0.2, 0.25) is 0 Å². The fourth-order valence-electron chi connectivity index (χ4n) is 8.76. The second-order valence-electron chi connectivity index (χ2n) is 15.5. The summed E-state index contributed by atoms with van der Waals surface area (Å²) in [6.07, 6.45) is 1.97. The third-order valence-corrected chi connectivity index (χ3v) is 11.7. The molecule has 0 aliphatic heterocycles. The van der Waals surface area contributed by atoms with E-state index in [9.17, 15) is 0 Å². The van der Waals surface area contributed by atoms with Crippen LogP contribution in [-0.4, -0.2) is 24.5 Å². The molecule has 3 heterocycles. The fraction of sp³-hybridized carbons (Fsp3) is 0.0566. The van der Waals surface area contributed by atoms with Gasteiger partial charge in [0.1, 0.15) is 0 Å². The highest BCUT2D eigenvalue weighted by Gasteiger charge is 2.36. The molecule has 0 amide bonds. The van der Waals surface area contributed by atoms with E-state index in [-0.39, 0.29) is 5.41 Å². The van der Waals surface area contributed by atoms with E-state index < -0.39 is 0 Å². The maximum Gasteiger partial charge on any atom is 0.164 e. The second kappa shape index (κ2) is 13.3. The topological polar surface area (TPSA) is 56.5 Å². The molecule has 0 radical (unpaired) electrons. The van der Waals surface area contributed by atoms with E-state index in [2.05, 4.69) is 122 Å². The summed E-state index contributed by atoms with van der Waals surface area (Å²) in [7, 11) is 0. The summed E-state index contributed by atoms with van der Waals surface area (Å²) in [6, 6.07) is 64.0. The molecule has 0 saturated carbocycles. The number of fused-ring (bicyclic) bond motifs is 6. The lowest BCUT2D eigenvalue weighted by Crippen LogP contribution is -2.15. The standard InChI is InChI=1S/C53H37N5/c1-53(2)45-24-14-12-22-41(45)43-31-44-42-23-13-15-25-48(42)58(49(44)32-46(43)53)40-29-38(37-26-27-47(54-33-37)34-16-6-3-7-17-34)28-39(30-40)52-56-50(35-18-8-4-9-19-35)55-51(57-52)36-20-10-5-11-21-36/h3-33H,1-2H3. The number of hydrogen-bond donors (Lipinski definition) is 0. The zero-order valence-corrected chi connectivity index (χ0v) is 32.1. The minimum Gasteiger partial charge on any atom is -0.309 e. The Morgan fingerprint density at radius 2 is 0.983 bits per heavy atom. The molecule has 1 aliphatic rings. The van der Waals surface area contributed by atoms with Gasteiger partial charge >= 0.3 is 0 Å². The summed E-state index contributed by atoms with van der Waals surface area (Å²) in [5, 5.41) is 2.43. The van der Waals surface area contributed by atoms with Crippen LogP contribution in [0.25, 0.3) is 95.2 Å². The van der Waals surface area contributed by atoms with Crippen molar-refractivity contribution in [3.8, 4) is 73.4 Å². The predicted molar refractivity (Wildman–Crippen MR) is 237 cm³/mol. The maximum atomic E-state index is 5.18. The molecule has 58 heavy (non-hydrogen) atoms. The summed E-state index contributed by atoms with van der Waals surface area (Å²) in [4.78, 5) is 20.3. The Hall–Kier alpha value is -7.50. The highest BCUT2D eigenvalue weighted by Crippen LogP contribution is 2.51. The first-order valence-electron chi connectivity index (χ1n) is 19.7. The molecule has 5 nitrogen and oxygen atoms in total. The van der Waals surface area contributed by atoms with Crippen LogP contribution in [0.5, 0.6) is 0 Å². The van der Waals surface area contributed by atoms with E-state index in [1.54, 1.807) is 0 Å². The van der Waals surface area contributed by atoms with Crippen LogP contribution in [-0.2, 0) is 5.41 Å². The lowest BCUT2D eigenvalue weighted by Gasteiger charge is -2.22. The molecular weight excluding hydrogens is 707 g/mol. The van der Waals surface area contributed by atoms with Gasteiger partial charge < -0.3 is 4.57 Å². The number of rotatable bonds is 6. The molecule has 7 aromatic carbocycles. The van der Waals surface area contributed by atoms with Crippen molar-refractivity contribution in [3.63, 3.8) is 0 Å². The number of pyridine rings is 1. The molecule has 11 rings (SSSR count). The molecule has 274 valence electrons. The van der Waals surface area contributed by atoms with Gasteiger partial charge in [-0.15, -0.1) is 0 Å². The SMILES string of the molecule is CC1(C)c2ccccc2-c2cc3c4ccccc4n(-c4cc(-c5ccc(-c6ccccc6)nc5)cc(-c5nc(-c6ccccc6)nc(-c6ccccc6)n5)c4)c3cc21. The van der Waals surface area contributed by atoms with Crippen molar-refractivity contribution in [2.45, 2.75) is 19.3 Å². The van der Waals surface area contributed by atoms with Gasteiger partial charge in [0.25, 0.3) is 0 Å². The maximum absolute atomic E-state index is 5.18. The van der Waals surface area contributed by atoms with Crippen LogP contribution in [0, 0.1) is 0 Å². The van der Waals surface area contributed by atoms with E-state index in [1.165, 1.54) is 33.0 Å². The quantitative estimate of drug-likeness (QED) is 0.170. The number of benzene rings is 7. The lowest BCUT2D eigenvalue weighted by atomic mass is 9.82. The third-order valence-electron chi connectivity index (χ3n) is 11.7. The molecule has 5 heteroatoms. The van der Waals surface area contributed by atoms with Crippen molar-refractivity contribution >= 4 is 21.8 Å². The van der Waals surface area contributed by atoms with Gasteiger partial charge in [-0.05, 0) is 70.3 Å². The molecule has 3 aromatic heterocycles. The van der Waals surface area contributed by atoms with Crippen LogP contribution in [0.3, 0.4) is 0 Å². The van der Waals surface area contributed by atoms with Gasteiger partial charge in [0.05, 0.1) is 16.7 Å². The van der Waals surface area contributed by atoms with Crippen LogP contribution >= 0.6 is 0 Å². The van der Waals surface area contributed by atoms with Crippen molar-refractivity contribution in [1.29, 1.82) is 0 Å². The average molecular weight is 744 g/mol. The first-order valence-corrected chi connectivity index (χ1v) is 19.7. The minimum absolute atomic E-state index is 0.146. The van der Waals surface area contributed by atoms with E-state index >= 15 is 0 Å². The number of hydrogen-bond acceptors (Lipinski definition) is 4. The zero-order chi connectivity index (χ0) is 38.8. The molecular formula is C53H37N5. The number of para-hydroxylation sites is 1. The van der Waals surface area contributed by atoms with Gasteiger partial charge in [-0.3, -0.25) is 4.98 Å². The van der Waals surface area contributed by atoms with E-state index in [0.717, 1.165) is 55.8 Å². The van der Waals surface area contributed by atoms with Gasteiger partial charge in [-0.1, -0.05) is 153 Å². The first-order chi connectivity index (χ1) is 28.5. The Morgan fingerprint density at radius 1 is 0.397 bits per heavy atom. The van der Waals surface area contributed by atoms with Crippen molar-refractivity contribution in [3.05, 3.63) is 199 Å². The van der Waals surface area contributed by atoms with E-state index in [0.29, 0.717) is 17.5 Å². The Bertz CT molecular complexity index is 3110. The van der Waals surface area contributed by atoms with Crippen LogP contribution < -0.4 is 0 Å². The molecule has 0 atom stereocenters. The van der Waals surface area contributed by atoms with E-state index in [1.807, 2.05) is 85.1 Å². The molecule has 0 spiro atoms. The zero-order valence-electron chi connectivity index (χ0n) is 32.1. The normalized spacial score (nSPS) is 12.8. The van der Waals surface area contributed by atoms with Crippen molar-refractivity contribution in [2.24, 2.45) is 0 Å². The van der Waals surface area contributed by atoms with Crippen molar-refractivity contribution < 1.29 is 0 Å². The van der Waals surface area contributed by atoms with Crippen LogP contribution in [0.4, 0.5) is 0 Å². The van der Waals surface area contributed by atoms with Crippen molar-refractivity contribution in [2.75, 3.05) is 0 Å². The predicted octanol–water partition coefficient (Wildman–Crippen LogP) is 13.0. The van der Waals surface area contributed by atoms with Gasteiger partial charge in [0, 0.05) is 55.9 Å². The van der Waals surface area contributed by atoms with Gasteiger partial charge in [-0.25, -0.2) is 15.0 Å². The molecule has 0 saturated heterocycles. The summed E-state index contributed by atoms with van der Waals surface area (Å²) in [5.41, 5.74) is 15.3. The molecule has 0 bridgehead atoms. The summed E-state index contributed by atoms with van der Waals surface area (Å²) in [6.45, 7) is 4.69. The summed E-state index contributed by atoms with van der Waals surface area (Å²) in [5.74, 6) is 1.85. The molecule has 0 unspecified atom stereocenters. The largest absolute Gasteiger partial charge is 0.309 e. The van der Waals surface area contributed by atoms with Gasteiger partial charge in [-0.2, -0.15) is 0 Å². The van der Waals surface area contributed by atoms with Crippen LogP contribution in [0.2, 0.25) is 0 Å². The average Bonchev–Trinajstić information content (AvgIpc) is 3.74. The summed E-state index contributed by atoms with van der Waals surface area (Å²) < 4.78 is 2.42. The second-order valence-corrected chi connectivity index (χ2v) is 15.5. The Labute approximate surface area is 337 Å². The highest BCUT2D eigenvalue weighted by atomic mass is 15.0. The molecule has 0 fully saturated rings. The number of aromatic nitrogens is 5. The monoisotopic (exact) mass is 743 g/mol.